The Morgan fingerprint density at radius 3 is 2.21 bits per heavy atom. The molecule has 3 fully saturated rings. The van der Waals surface area contributed by atoms with E-state index in [1.807, 2.05) is 6.08 Å². The van der Waals surface area contributed by atoms with E-state index in [0.29, 0.717) is 16.8 Å². The van der Waals surface area contributed by atoms with Crippen molar-refractivity contribution >= 4 is 84.4 Å². The summed E-state index contributed by atoms with van der Waals surface area (Å²) in [7, 11) is 0. The van der Waals surface area contributed by atoms with Gasteiger partial charge in [0.25, 0.3) is 11.8 Å². The number of phenols is 1. The number of benzene rings is 2. The average molecular weight is 683 g/mol. The van der Waals surface area contributed by atoms with Gasteiger partial charge in [0.05, 0.1) is 23.0 Å². The summed E-state index contributed by atoms with van der Waals surface area (Å²) in [5, 5.41) is 9.91. The van der Waals surface area contributed by atoms with Gasteiger partial charge in [-0.1, -0.05) is 55.6 Å². The monoisotopic (exact) mass is 680 g/mol. The molecule has 2 aromatic rings. The summed E-state index contributed by atoms with van der Waals surface area (Å²) in [5.41, 5.74) is 1.67. The van der Waals surface area contributed by atoms with Gasteiger partial charge in [-0.2, -0.15) is 0 Å². The molecule has 6 unspecified atom stereocenters. The molecule has 2 aliphatic heterocycles. The molecule has 1 saturated carbocycles. The van der Waals surface area contributed by atoms with Gasteiger partial charge >= 0.3 is 0 Å². The summed E-state index contributed by atoms with van der Waals surface area (Å²) in [6.07, 6.45) is 2.10. The predicted molar refractivity (Wildman–Crippen MR) is 148 cm³/mol. The second-order valence-electron chi connectivity index (χ2n) is 10.1. The Kier molecular flexibility index (Phi) is 6.11. The van der Waals surface area contributed by atoms with Crippen LogP contribution in [0.25, 0.3) is 0 Å². The zero-order valence-corrected chi connectivity index (χ0v) is 24.3. The molecule has 2 aromatic carbocycles. The molecule has 0 aromatic heterocycles. The van der Waals surface area contributed by atoms with E-state index in [4.69, 9.17) is 23.2 Å². The van der Waals surface area contributed by atoms with E-state index in [2.05, 4.69) is 31.9 Å². The molecule has 0 bridgehead atoms. The lowest BCUT2D eigenvalue weighted by Gasteiger charge is -2.50. The predicted octanol–water partition coefficient (Wildman–Crippen LogP) is 5.07. The summed E-state index contributed by atoms with van der Waals surface area (Å²) < 4.78 is 0.814. The molecule has 4 aliphatic rings. The minimum Gasteiger partial charge on any atom is -0.508 e. The molecule has 2 aliphatic carbocycles. The number of amides is 4. The Morgan fingerprint density at radius 2 is 1.58 bits per heavy atom. The highest BCUT2D eigenvalue weighted by molar-refractivity contribution is 9.10. The number of anilines is 1. The van der Waals surface area contributed by atoms with Crippen molar-refractivity contribution in [1.29, 1.82) is 0 Å². The second-order valence-corrected chi connectivity index (χ2v) is 12.7. The maximum Gasteiger partial charge on any atom is 0.254 e. The van der Waals surface area contributed by atoms with Crippen molar-refractivity contribution in [2.24, 2.45) is 17.8 Å². The van der Waals surface area contributed by atoms with Gasteiger partial charge in [0, 0.05) is 10.4 Å². The van der Waals surface area contributed by atoms with Crippen LogP contribution in [0.5, 0.6) is 5.75 Å². The number of imide groups is 2. The highest BCUT2D eigenvalue weighted by atomic mass is 79.9. The molecule has 0 radical (unpaired) electrons. The molecule has 196 valence electrons. The number of hydrogen-bond donors (Lipinski definition) is 1. The molecule has 38 heavy (non-hydrogen) atoms. The number of alkyl halides is 3. The van der Waals surface area contributed by atoms with Crippen LogP contribution >= 0.6 is 55.1 Å². The van der Waals surface area contributed by atoms with Crippen molar-refractivity contribution < 1.29 is 24.3 Å². The third kappa shape index (κ3) is 3.31. The van der Waals surface area contributed by atoms with Gasteiger partial charge in [0.1, 0.15) is 5.75 Å². The lowest BCUT2D eigenvalue weighted by Crippen LogP contribution is -2.60. The Morgan fingerprint density at radius 1 is 0.921 bits per heavy atom. The summed E-state index contributed by atoms with van der Waals surface area (Å²) >= 11 is 20.9. The molecular formula is C27H20Br2Cl2N2O5. The SMILES string of the molecule is O=C1C2CC=C3C(CC4(Cl)C(=O)N(CBr)C(=O)C4(Cl)C3c3ccc(O)cc3)C2C(=O)N1c1ccc(Br)cc1. The molecule has 6 atom stereocenters. The van der Waals surface area contributed by atoms with Crippen molar-refractivity contribution in [1.82, 2.24) is 4.90 Å². The second kappa shape index (κ2) is 8.91. The Hall–Kier alpha value is -2.20. The largest absolute Gasteiger partial charge is 0.508 e. The van der Waals surface area contributed by atoms with Crippen LogP contribution in [0.1, 0.15) is 24.3 Å². The topological polar surface area (TPSA) is 95.0 Å². The fraction of sp³-hybridized carbons (Fsp3) is 0.333. The maximum absolute atomic E-state index is 13.9. The van der Waals surface area contributed by atoms with Crippen LogP contribution in [0.2, 0.25) is 0 Å². The van der Waals surface area contributed by atoms with E-state index in [9.17, 15) is 24.3 Å². The smallest absolute Gasteiger partial charge is 0.254 e. The quantitative estimate of drug-likeness (QED) is 0.211. The molecular weight excluding hydrogens is 663 g/mol. The Bertz CT molecular complexity index is 1430. The summed E-state index contributed by atoms with van der Waals surface area (Å²) in [4.78, 5) is 53.2. The number of likely N-dealkylation sites (tertiary alicyclic amines) is 1. The van der Waals surface area contributed by atoms with Gasteiger partial charge in [-0.25, -0.2) is 0 Å². The first kappa shape index (κ1) is 26.0. The minimum atomic E-state index is -1.86. The number of halogens is 4. The van der Waals surface area contributed by atoms with Crippen LogP contribution < -0.4 is 4.90 Å². The molecule has 6 rings (SSSR count). The average Bonchev–Trinajstić information content (AvgIpc) is 3.23. The van der Waals surface area contributed by atoms with Crippen molar-refractivity contribution in [2.75, 3.05) is 10.4 Å². The standard InChI is InChI=1S/C27H20Br2Cl2N2O5/c28-12-32-24(37)26(30)11-19-17(21(27(26,31)25(32)38)13-1-7-16(34)8-2-13)9-10-18-20(19)23(36)33(22(18)35)15-5-3-14(29)4-6-15/h1-9,18-21,34H,10-12H2. The van der Waals surface area contributed by atoms with Crippen LogP contribution in [-0.2, 0) is 19.2 Å². The number of hydrogen-bond acceptors (Lipinski definition) is 5. The molecule has 2 heterocycles. The number of fused-ring (bicyclic) bond motifs is 4. The van der Waals surface area contributed by atoms with Gasteiger partial charge in [0.2, 0.25) is 11.8 Å². The van der Waals surface area contributed by atoms with Crippen LogP contribution in [0.15, 0.2) is 64.7 Å². The third-order valence-electron chi connectivity index (χ3n) is 8.33. The fourth-order valence-corrected chi connectivity index (χ4v) is 8.33. The van der Waals surface area contributed by atoms with E-state index >= 15 is 0 Å². The maximum atomic E-state index is 13.9. The van der Waals surface area contributed by atoms with Crippen LogP contribution in [0.4, 0.5) is 5.69 Å². The zero-order valence-electron chi connectivity index (χ0n) is 19.6. The number of phenolic OH excluding ortho intramolecular Hbond substituents is 1. The van der Waals surface area contributed by atoms with Gasteiger partial charge < -0.3 is 5.11 Å². The molecule has 0 spiro atoms. The zero-order chi connectivity index (χ0) is 27.1. The summed E-state index contributed by atoms with van der Waals surface area (Å²) in [6, 6.07) is 13.2. The van der Waals surface area contributed by atoms with Gasteiger partial charge in [-0.05, 0) is 60.7 Å². The highest BCUT2D eigenvalue weighted by Crippen LogP contribution is 2.65. The van der Waals surface area contributed by atoms with Gasteiger partial charge in [-0.3, -0.25) is 29.0 Å². The number of allylic oxidation sites excluding steroid dienone is 2. The minimum absolute atomic E-state index is 0.0252. The molecule has 11 heteroatoms. The number of aromatic hydroxyl groups is 1. The number of nitrogens with zero attached hydrogens (tertiary/aromatic N) is 2. The van der Waals surface area contributed by atoms with Gasteiger partial charge in [0.15, 0.2) is 9.75 Å². The van der Waals surface area contributed by atoms with Crippen LogP contribution in [0.3, 0.4) is 0 Å². The summed E-state index contributed by atoms with van der Waals surface area (Å²) in [5.74, 6) is -4.74. The normalized spacial score (nSPS) is 34.3. The Labute approximate surface area is 245 Å². The lowest BCUT2D eigenvalue weighted by molar-refractivity contribution is -0.138. The number of rotatable bonds is 3. The third-order valence-corrected chi connectivity index (χ3v) is 10.8. The van der Waals surface area contributed by atoms with Gasteiger partial charge in [-0.15, -0.1) is 23.2 Å². The van der Waals surface area contributed by atoms with Crippen molar-refractivity contribution in [2.45, 2.75) is 28.5 Å². The van der Waals surface area contributed by atoms with E-state index in [1.54, 1.807) is 36.4 Å². The van der Waals surface area contributed by atoms with E-state index < -0.39 is 45.2 Å². The van der Waals surface area contributed by atoms with E-state index in [0.717, 1.165) is 9.37 Å². The molecule has 2 saturated heterocycles. The van der Waals surface area contributed by atoms with Crippen molar-refractivity contribution in [3.05, 3.63) is 70.2 Å². The van der Waals surface area contributed by atoms with Crippen molar-refractivity contribution in [3.63, 3.8) is 0 Å². The number of carbonyl (C=O) groups is 4. The lowest BCUT2D eigenvalue weighted by atomic mass is 9.56. The summed E-state index contributed by atoms with van der Waals surface area (Å²) in [6.45, 7) is 0. The van der Waals surface area contributed by atoms with E-state index in [-0.39, 0.29) is 35.9 Å². The first-order chi connectivity index (χ1) is 18.0. The molecule has 1 N–H and O–H groups in total. The Balaban J connectivity index is 1.51. The van der Waals surface area contributed by atoms with E-state index in [1.165, 1.54) is 17.0 Å². The number of carbonyl (C=O) groups excluding carboxylic acids is 4. The fourth-order valence-electron chi connectivity index (χ4n) is 6.64. The van der Waals surface area contributed by atoms with Crippen LogP contribution in [-0.4, -0.2) is 48.8 Å². The molecule has 4 amide bonds. The first-order valence-corrected chi connectivity index (χ1v) is 14.6. The highest BCUT2D eigenvalue weighted by Gasteiger charge is 2.76. The molecule has 7 nitrogen and oxygen atoms in total. The van der Waals surface area contributed by atoms with Crippen molar-refractivity contribution in [3.8, 4) is 5.75 Å². The first-order valence-electron chi connectivity index (χ1n) is 12.0. The van der Waals surface area contributed by atoms with Crippen LogP contribution in [0, 0.1) is 17.8 Å².